The molecule has 5 fully saturated rings. The molecule has 0 bridgehead atoms. The van der Waals surface area contributed by atoms with E-state index in [-0.39, 0.29) is 52.8 Å². The summed E-state index contributed by atoms with van der Waals surface area (Å²) < 4.78 is 34.4. The van der Waals surface area contributed by atoms with Crippen LogP contribution in [0.2, 0.25) is 0 Å². The Kier molecular flexibility index (Phi) is 64.9. The van der Waals surface area contributed by atoms with E-state index in [1.807, 2.05) is 69.3 Å². The van der Waals surface area contributed by atoms with Crippen LogP contribution in [0.15, 0.2) is 160 Å². The average molecular weight is 2010 g/mol. The summed E-state index contributed by atoms with van der Waals surface area (Å²) in [6.45, 7) is 39.9. The first kappa shape index (κ1) is 118. The number of para-hydroxylation sites is 1. The zero-order valence-electron chi connectivity index (χ0n) is 82.7. The molecule has 2 N–H and O–H groups in total. The number of hydrogen-bond donors (Lipinski definition) is 2. The van der Waals surface area contributed by atoms with Crippen LogP contribution in [0.25, 0.3) is 0 Å². The number of benzene rings is 5. The second-order valence-corrected chi connectivity index (χ2v) is 40.6. The van der Waals surface area contributed by atoms with Gasteiger partial charge in [-0.1, -0.05) is 211 Å². The number of anilines is 1. The van der Waals surface area contributed by atoms with E-state index >= 15 is 0 Å². The van der Waals surface area contributed by atoms with Gasteiger partial charge in [0.25, 0.3) is 0 Å². The molecule has 2 amide bonds. The third-order valence-electron chi connectivity index (χ3n) is 23.2. The standard InChI is InChI=1S/C18H35NO3.C18H18NO2.C18H15S.C16H36N.C14H25NO3.C10H19NO4.2C7H12O2.W/c1-2-3-4-5-6-7-8-9-10-11-18(20)22-17-14-19-12-15-21-16-13-19;1-18(2,3)21-17(20)19(16-12-8-5-9-13-16)14-15-10-6-4-7-11-15;1-4-10-16(11-5-1)19(17-12-6-2-7-13-17)18-14-8-3-9-15-18;1-5-9-13-17(14-10-6-2,15-11-7-3)16-12-8-4;1-14(6-3-2-4-7-14)18-13(16)5-8-15-9-11-17-12-10-15;1-10(2,3)15-9(14)11-7-5-4-6-8(12)13;2*8-7(9)6-4-2-1-3-5-6;/h2-17H2,1H3;4-12H,1-3H3;1-15H;5-16H2,1-4H3;2-12H2,1H3;4-7H2,1-3H3,(H,11,14)(H,12,13);2*6H,1-5H2,(H,8,9);/q;-1;2*+1;;;;;/p-2. The number of hydrogen-bond acceptors (Lipinski definition) is 17. The quantitative estimate of drug-likeness (QED) is 0.00918. The molecule has 5 aromatic carbocycles. The summed E-state index contributed by atoms with van der Waals surface area (Å²) in [5.74, 6) is -2.86. The fourth-order valence-electron chi connectivity index (χ4n) is 15.7. The molecular formula is C108H170N5O16SW-. The van der Waals surface area contributed by atoms with Crippen LogP contribution in [0, 0.1) is 17.9 Å². The normalized spacial score (nSPS) is 15.2. The van der Waals surface area contributed by atoms with Gasteiger partial charge in [0.05, 0.1) is 69.9 Å². The van der Waals surface area contributed by atoms with Gasteiger partial charge < -0.3 is 58.4 Å². The summed E-state index contributed by atoms with van der Waals surface area (Å²) in [7, 11) is -0.0146. The third kappa shape index (κ3) is 57.9. The zero-order valence-corrected chi connectivity index (χ0v) is 86.4. The van der Waals surface area contributed by atoms with Gasteiger partial charge in [0.15, 0.2) is 14.7 Å². The number of amides is 2. The van der Waals surface area contributed by atoms with E-state index in [1.165, 1.54) is 193 Å². The predicted octanol–water partition coefficient (Wildman–Crippen LogP) is 21.9. The number of esters is 2. The van der Waals surface area contributed by atoms with Gasteiger partial charge in [0.1, 0.15) is 17.8 Å². The molecule has 0 spiro atoms. The van der Waals surface area contributed by atoms with Gasteiger partial charge in [-0.25, -0.2) is 4.79 Å². The molecule has 5 aliphatic rings. The van der Waals surface area contributed by atoms with Gasteiger partial charge in [0, 0.05) is 70.6 Å². The molecule has 736 valence electrons. The molecule has 2 heterocycles. The molecule has 0 aromatic heterocycles. The van der Waals surface area contributed by atoms with Crippen LogP contribution in [0.3, 0.4) is 0 Å². The number of morpholine rings is 2. The first-order chi connectivity index (χ1) is 63.0. The number of rotatable bonds is 42. The van der Waals surface area contributed by atoms with Crippen molar-refractivity contribution in [1.82, 2.24) is 15.1 Å². The van der Waals surface area contributed by atoms with Crippen molar-refractivity contribution >= 4 is 62.6 Å². The Labute approximate surface area is 804 Å². The van der Waals surface area contributed by atoms with E-state index in [1.54, 1.807) is 31.7 Å². The summed E-state index contributed by atoms with van der Waals surface area (Å²) >= 11 is 1.18. The Balaban J connectivity index is 0.000000391. The molecule has 2 aliphatic heterocycles. The van der Waals surface area contributed by atoms with E-state index in [0.29, 0.717) is 44.5 Å². The van der Waals surface area contributed by atoms with Gasteiger partial charge in [-0.2, -0.15) is 0 Å². The summed E-state index contributed by atoms with van der Waals surface area (Å²) in [4.78, 5) is 88.2. The number of alkyl carbamates (subject to hydrolysis) is 1. The molecule has 10 rings (SSSR count). The molecule has 2 saturated heterocycles. The Morgan fingerprint density at radius 1 is 0.496 bits per heavy atom. The average Bonchev–Trinajstić information content (AvgIpc) is 0.824. The van der Waals surface area contributed by atoms with Gasteiger partial charge in [-0.15, -0.1) is 0 Å². The minimum atomic E-state index is -0.852. The molecule has 0 radical (unpaired) electrons. The number of quaternary nitrogens is 1. The van der Waals surface area contributed by atoms with Gasteiger partial charge in [-0.05, 0) is 172 Å². The van der Waals surface area contributed by atoms with Crippen molar-refractivity contribution < 1.29 is 101 Å². The number of carboxylic acids is 3. The van der Waals surface area contributed by atoms with E-state index in [4.69, 9.17) is 33.5 Å². The van der Waals surface area contributed by atoms with Crippen LogP contribution in [-0.2, 0) is 82.6 Å². The number of aliphatic carboxylic acids is 3. The second kappa shape index (κ2) is 72.2. The number of carboxylic acid groups (broad SMARTS) is 3. The molecule has 0 atom stereocenters. The topological polar surface area (TPSA) is 263 Å². The van der Waals surface area contributed by atoms with Crippen molar-refractivity contribution in [3.8, 4) is 0 Å². The Morgan fingerprint density at radius 2 is 0.893 bits per heavy atom. The molecule has 0 unspecified atom stereocenters. The minimum Gasteiger partial charge on any atom is -0.550 e. The van der Waals surface area contributed by atoms with Crippen LogP contribution >= 0.6 is 0 Å². The Hall–Kier alpha value is -7.30. The first-order valence-corrected chi connectivity index (χ1v) is 52.6. The fourth-order valence-corrected chi connectivity index (χ4v) is 18.9. The van der Waals surface area contributed by atoms with E-state index in [0.717, 1.165) is 152 Å². The monoisotopic (exact) mass is 2010 g/mol. The van der Waals surface area contributed by atoms with Crippen molar-refractivity contribution in [1.29, 1.82) is 0 Å². The van der Waals surface area contributed by atoms with Crippen LogP contribution < -0.4 is 20.4 Å². The molecule has 3 saturated carbocycles. The summed E-state index contributed by atoms with van der Waals surface area (Å²) in [5, 5.41) is 31.4. The largest absolute Gasteiger partial charge is 0.550 e. The molecule has 3 aliphatic carbocycles. The van der Waals surface area contributed by atoms with Crippen LogP contribution in [0.5, 0.6) is 0 Å². The van der Waals surface area contributed by atoms with Crippen LogP contribution in [0.1, 0.15) is 326 Å². The van der Waals surface area contributed by atoms with Gasteiger partial charge in [-0.3, -0.25) is 24.2 Å². The van der Waals surface area contributed by atoms with Crippen molar-refractivity contribution in [2.24, 2.45) is 11.8 Å². The number of ether oxygens (including phenoxy) is 6. The molecule has 23 heteroatoms. The number of nitrogens with zero attached hydrogens (tertiary/aromatic N) is 4. The summed E-state index contributed by atoms with van der Waals surface area (Å²) in [6.07, 6.45) is 39.9. The Morgan fingerprint density at radius 3 is 1.29 bits per heavy atom. The van der Waals surface area contributed by atoms with E-state index < -0.39 is 35.2 Å². The number of carbonyl (C=O) groups is 7. The number of nitrogens with one attached hydrogen (secondary N) is 1. The van der Waals surface area contributed by atoms with Crippen LogP contribution in [0.4, 0.5) is 15.3 Å². The predicted molar refractivity (Wildman–Crippen MR) is 524 cm³/mol. The Bertz CT molecular complexity index is 3590. The van der Waals surface area contributed by atoms with E-state index in [2.05, 4.69) is 154 Å². The van der Waals surface area contributed by atoms with Crippen molar-refractivity contribution in [2.45, 2.75) is 352 Å². The third-order valence-corrected chi connectivity index (χ3v) is 27.0. The maximum Gasteiger partial charge on any atom is 0.407 e. The van der Waals surface area contributed by atoms with Crippen molar-refractivity contribution in [3.05, 3.63) is 157 Å². The van der Waals surface area contributed by atoms with Gasteiger partial charge in [0.2, 0.25) is 0 Å². The zero-order chi connectivity index (χ0) is 96.1. The second-order valence-electron chi connectivity index (χ2n) is 37.2. The molecule has 131 heavy (non-hydrogen) atoms. The number of unbranched alkanes of at least 4 members (excludes halogenated alkanes) is 13. The SMILES string of the molecule is CC(C)(C)OC(=O)N([C](=[W])c1ccccc1)c1[c-]cccc1.CC(C)(C)OC(=O)NCCCCC(=O)O.CC1(OC(=O)CCN2CCOCC2)CCCCC1.CCCCCCCCCCCC(=O)OCCN1CCOCC1.CCCC[N+](CCCC)(CCCC)CCCC.O=C([O-])C1CCCCC1.O=C([O-])C1CCCCC1.c1ccc([S+](c2ccccc2)c2ccccc2)cc1. The van der Waals surface area contributed by atoms with Crippen molar-refractivity contribution in [3.63, 3.8) is 0 Å². The summed E-state index contributed by atoms with van der Waals surface area (Å²) in [6, 6.07) is 52.5. The van der Waals surface area contributed by atoms with Crippen LogP contribution in [-0.4, -0.2) is 187 Å². The minimum absolute atomic E-state index is 0.0146. The molecular weight excluding hydrogens is 1840 g/mol. The summed E-state index contributed by atoms with van der Waals surface area (Å²) in [5.41, 5.74) is 0.452. The maximum absolute atomic E-state index is 12.7. The first-order valence-electron chi connectivity index (χ1n) is 49.9. The molecule has 21 nitrogen and oxygen atoms in total. The number of carbonyl (C=O) groups excluding carboxylic acids is 6. The fraction of sp³-hybridized carbons (Fsp3) is 0.648. The van der Waals surface area contributed by atoms with Crippen molar-refractivity contribution in [2.75, 3.05) is 110 Å². The van der Waals surface area contributed by atoms with E-state index in [9.17, 15) is 43.8 Å². The smallest absolute Gasteiger partial charge is 0.407 e. The maximum atomic E-state index is 12.7. The van der Waals surface area contributed by atoms with Gasteiger partial charge >= 0.3 is 166 Å². The molecule has 5 aromatic rings.